The smallest absolute Gasteiger partial charge is 0.375 e. The average Bonchev–Trinajstić information content (AvgIpc) is 2.89. The SMILES string of the molecule is C=CCNC(=O)NC(=O)COC(=O)c1oc2c(F)cccc2c1C. The highest BCUT2D eigenvalue weighted by Gasteiger charge is 2.21. The molecule has 0 aliphatic carbocycles. The molecule has 0 unspecified atom stereocenters. The second-order valence-electron chi connectivity index (χ2n) is 4.80. The van der Waals surface area contributed by atoms with E-state index in [9.17, 15) is 18.8 Å². The summed E-state index contributed by atoms with van der Waals surface area (Å²) in [6.07, 6.45) is 1.44. The van der Waals surface area contributed by atoms with Gasteiger partial charge in [0.25, 0.3) is 5.91 Å². The maximum absolute atomic E-state index is 13.6. The minimum Gasteiger partial charge on any atom is -0.450 e. The van der Waals surface area contributed by atoms with Crippen LogP contribution in [0.25, 0.3) is 11.0 Å². The third-order valence-corrected chi connectivity index (χ3v) is 3.10. The Hall–Kier alpha value is -3.16. The van der Waals surface area contributed by atoms with Crippen molar-refractivity contribution in [3.05, 3.63) is 48.0 Å². The maximum atomic E-state index is 13.6. The molecule has 0 bridgehead atoms. The van der Waals surface area contributed by atoms with Gasteiger partial charge in [-0.3, -0.25) is 10.1 Å². The Bertz CT molecular complexity index is 812. The number of halogens is 1. The van der Waals surface area contributed by atoms with Crippen molar-refractivity contribution in [3.8, 4) is 0 Å². The van der Waals surface area contributed by atoms with E-state index in [2.05, 4.69) is 11.9 Å². The molecule has 0 saturated heterocycles. The van der Waals surface area contributed by atoms with Crippen LogP contribution in [-0.2, 0) is 9.53 Å². The Morgan fingerprint density at radius 1 is 1.38 bits per heavy atom. The Kier molecular flexibility index (Phi) is 5.31. The van der Waals surface area contributed by atoms with Crippen molar-refractivity contribution in [2.45, 2.75) is 6.92 Å². The number of amides is 3. The van der Waals surface area contributed by atoms with Gasteiger partial charge in [0.2, 0.25) is 5.76 Å². The van der Waals surface area contributed by atoms with E-state index in [4.69, 9.17) is 9.15 Å². The third-order valence-electron chi connectivity index (χ3n) is 3.10. The first-order chi connectivity index (χ1) is 11.4. The molecule has 0 spiro atoms. The quantitative estimate of drug-likeness (QED) is 0.644. The number of ether oxygens (including phenoxy) is 1. The van der Waals surface area contributed by atoms with Crippen molar-refractivity contribution in [3.63, 3.8) is 0 Å². The number of urea groups is 1. The maximum Gasteiger partial charge on any atom is 0.375 e. The highest BCUT2D eigenvalue weighted by Crippen LogP contribution is 2.27. The van der Waals surface area contributed by atoms with Gasteiger partial charge in [0, 0.05) is 17.5 Å². The topological polar surface area (TPSA) is 97.6 Å². The van der Waals surface area contributed by atoms with Crippen molar-refractivity contribution >= 4 is 28.9 Å². The molecule has 2 aromatic rings. The van der Waals surface area contributed by atoms with Crippen LogP contribution >= 0.6 is 0 Å². The summed E-state index contributed by atoms with van der Waals surface area (Å²) in [6.45, 7) is 4.48. The summed E-state index contributed by atoms with van der Waals surface area (Å²) in [4.78, 5) is 34.7. The number of esters is 1. The van der Waals surface area contributed by atoms with Crippen LogP contribution in [0.15, 0.2) is 35.3 Å². The molecule has 0 radical (unpaired) electrons. The Morgan fingerprint density at radius 3 is 2.79 bits per heavy atom. The van der Waals surface area contributed by atoms with Crippen LogP contribution in [-0.4, -0.2) is 31.1 Å². The summed E-state index contributed by atoms with van der Waals surface area (Å²) in [7, 11) is 0. The molecule has 1 aromatic carbocycles. The van der Waals surface area contributed by atoms with Crippen LogP contribution in [0.1, 0.15) is 16.1 Å². The van der Waals surface area contributed by atoms with E-state index < -0.39 is 30.3 Å². The predicted octanol–water partition coefficient (Wildman–Crippen LogP) is 2.05. The summed E-state index contributed by atoms with van der Waals surface area (Å²) in [5.74, 6) is -2.54. The lowest BCUT2D eigenvalue weighted by Crippen LogP contribution is -2.41. The number of nitrogens with one attached hydrogen (secondary N) is 2. The van der Waals surface area contributed by atoms with Crippen molar-refractivity contribution in [1.82, 2.24) is 10.6 Å². The molecule has 8 heteroatoms. The van der Waals surface area contributed by atoms with Crippen LogP contribution in [0.3, 0.4) is 0 Å². The van der Waals surface area contributed by atoms with Crippen molar-refractivity contribution in [1.29, 1.82) is 0 Å². The average molecular weight is 334 g/mol. The number of imide groups is 1. The molecule has 0 aliphatic rings. The van der Waals surface area contributed by atoms with E-state index in [1.165, 1.54) is 18.2 Å². The van der Waals surface area contributed by atoms with Gasteiger partial charge in [0.05, 0.1) is 0 Å². The lowest BCUT2D eigenvalue weighted by Gasteiger charge is -2.05. The first-order valence-electron chi connectivity index (χ1n) is 6.97. The Balaban J connectivity index is 1.99. The van der Waals surface area contributed by atoms with Crippen LogP contribution < -0.4 is 10.6 Å². The van der Waals surface area contributed by atoms with Crippen LogP contribution in [0.4, 0.5) is 9.18 Å². The summed E-state index contributed by atoms with van der Waals surface area (Å²) >= 11 is 0. The number of carbonyl (C=O) groups excluding carboxylic acids is 3. The fourth-order valence-corrected chi connectivity index (χ4v) is 1.97. The first kappa shape index (κ1) is 17.2. The van der Waals surface area contributed by atoms with Crippen LogP contribution in [0, 0.1) is 12.7 Å². The number of rotatable bonds is 5. The molecular formula is C16H15FN2O5. The summed E-state index contributed by atoms with van der Waals surface area (Å²) in [5, 5.41) is 4.73. The standard InChI is InChI=1S/C16H15FN2O5/c1-3-7-18-16(22)19-12(20)8-23-15(21)13-9(2)10-5-4-6-11(17)14(10)24-13/h3-6H,1,7-8H2,2H3,(H2,18,19,20,22). The predicted molar refractivity (Wildman–Crippen MR) is 82.9 cm³/mol. The van der Waals surface area contributed by atoms with E-state index in [0.29, 0.717) is 10.9 Å². The van der Waals surface area contributed by atoms with Crippen LogP contribution in [0.2, 0.25) is 0 Å². The molecule has 0 aliphatic heterocycles. The normalized spacial score (nSPS) is 10.2. The molecule has 2 N–H and O–H groups in total. The van der Waals surface area contributed by atoms with Crippen molar-refractivity contribution < 1.29 is 27.9 Å². The summed E-state index contributed by atoms with van der Waals surface area (Å²) in [6, 6.07) is 3.56. The zero-order chi connectivity index (χ0) is 17.7. The number of carbonyl (C=O) groups is 3. The molecule has 2 rings (SSSR count). The minimum absolute atomic E-state index is 0.0600. The Morgan fingerprint density at radius 2 is 2.12 bits per heavy atom. The Labute approximate surface area is 136 Å². The van der Waals surface area contributed by atoms with Gasteiger partial charge >= 0.3 is 12.0 Å². The second kappa shape index (κ2) is 7.40. The molecule has 1 heterocycles. The fourth-order valence-electron chi connectivity index (χ4n) is 1.97. The highest BCUT2D eigenvalue weighted by atomic mass is 19.1. The molecule has 0 fully saturated rings. The molecule has 0 saturated carbocycles. The molecule has 0 atom stereocenters. The van der Waals surface area contributed by atoms with Gasteiger partial charge in [-0.2, -0.15) is 0 Å². The molecule has 1 aromatic heterocycles. The van der Waals surface area contributed by atoms with Gasteiger partial charge in [-0.15, -0.1) is 6.58 Å². The number of fused-ring (bicyclic) bond motifs is 1. The van der Waals surface area contributed by atoms with E-state index in [0.717, 1.165) is 0 Å². The zero-order valence-electron chi connectivity index (χ0n) is 12.8. The van der Waals surface area contributed by atoms with Crippen molar-refractivity contribution in [2.75, 3.05) is 13.2 Å². The second-order valence-corrected chi connectivity index (χ2v) is 4.80. The number of furan rings is 1. The fraction of sp³-hybridized carbons (Fsp3) is 0.188. The number of para-hydroxylation sites is 1. The van der Waals surface area contributed by atoms with Gasteiger partial charge < -0.3 is 14.5 Å². The van der Waals surface area contributed by atoms with E-state index >= 15 is 0 Å². The van der Waals surface area contributed by atoms with E-state index in [1.54, 1.807) is 13.0 Å². The highest BCUT2D eigenvalue weighted by molar-refractivity contribution is 5.98. The summed E-state index contributed by atoms with van der Waals surface area (Å²) < 4.78 is 23.6. The zero-order valence-corrected chi connectivity index (χ0v) is 12.8. The largest absolute Gasteiger partial charge is 0.450 e. The minimum atomic E-state index is -0.926. The number of hydrogen-bond acceptors (Lipinski definition) is 5. The molecule has 7 nitrogen and oxygen atoms in total. The van der Waals surface area contributed by atoms with Gasteiger partial charge in [-0.25, -0.2) is 14.0 Å². The number of hydrogen-bond donors (Lipinski definition) is 2. The van der Waals surface area contributed by atoms with Gasteiger partial charge in [0.1, 0.15) is 0 Å². The monoisotopic (exact) mass is 334 g/mol. The molecular weight excluding hydrogens is 319 g/mol. The molecule has 126 valence electrons. The van der Waals surface area contributed by atoms with Crippen molar-refractivity contribution in [2.24, 2.45) is 0 Å². The number of aryl methyl sites for hydroxylation is 1. The van der Waals surface area contributed by atoms with E-state index in [-0.39, 0.29) is 17.9 Å². The van der Waals surface area contributed by atoms with E-state index in [1.807, 2.05) is 5.32 Å². The third kappa shape index (κ3) is 3.78. The van der Waals surface area contributed by atoms with Gasteiger partial charge in [0.15, 0.2) is 18.0 Å². The van der Waals surface area contributed by atoms with Crippen LogP contribution in [0.5, 0.6) is 0 Å². The van der Waals surface area contributed by atoms with Gasteiger partial charge in [-0.05, 0) is 13.0 Å². The lowest BCUT2D eigenvalue weighted by molar-refractivity contribution is -0.123. The molecule has 24 heavy (non-hydrogen) atoms. The number of benzene rings is 1. The summed E-state index contributed by atoms with van der Waals surface area (Å²) in [5.41, 5.74) is 0.342. The van der Waals surface area contributed by atoms with Gasteiger partial charge in [-0.1, -0.05) is 18.2 Å². The lowest BCUT2D eigenvalue weighted by atomic mass is 10.1. The first-order valence-corrected chi connectivity index (χ1v) is 6.97. The molecule has 3 amide bonds.